The van der Waals surface area contributed by atoms with Crippen LogP contribution in [0.5, 0.6) is 5.75 Å². The topological polar surface area (TPSA) is 61.8 Å². The van der Waals surface area contributed by atoms with E-state index in [0.717, 1.165) is 0 Å². The molecule has 0 saturated heterocycles. The minimum atomic E-state index is -0.272. The van der Waals surface area contributed by atoms with E-state index in [-0.39, 0.29) is 11.7 Å². The fourth-order valence-electron chi connectivity index (χ4n) is 2.07. The van der Waals surface area contributed by atoms with Gasteiger partial charge in [-0.3, -0.25) is 4.79 Å². The third-order valence-corrected chi connectivity index (χ3v) is 3.60. The minimum Gasteiger partial charge on any atom is -0.505 e. The number of nitrogens with one attached hydrogen (secondary N) is 1. The first kappa shape index (κ1) is 16.2. The molecule has 1 aromatic carbocycles. The van der Waals surface area contributed by atoms with Gasteiger partial charge in [-0.05, 0) is 24.6 Å². The summed E-state index contributed by atoms with van der Waals surface area (Å²) in [6.45, 7) is 5.01. The summed E-state index contributed by atoms with van der Waals surface area (Å²) in [5.74, 6) is 0.397. The smallest absolute Gasteiger partial charge is 0.252 e. The largest absolute Gasteiger partial charge is 0.505 e. The quantitative estimate of drug-likeness (QED) is 0.790. The van der Waals surface area contributed by atoms with E-state index < -0.39 is 0 Å². The maximum Gasteiger partial charge on any atom is 0.252 e. The summed E-state index contributed by atoms with van der Waals surface area (Å²) in [5, 5.41) is 13.2. The summed E-state index contributed by atoms with van der Waals surface area (Å²) in [6, 6.07) is 7.16. The number of benzene rings is 1. The summed E-state index contributed by atoms with van der Waals surface area (Å²) >= 11 is 5.86. The first-order valence-corrected chi connectivity index (χ1v) is 7.36. The number of halogens is 1. The van der Waals surface area contributed by atoms with Crippen molar-refractivity contribution in [2.24, 2.45) is 0 Å². The van der Waals surface area contributed by atoms with Crippen molar-refractivity contribution in [2.75, 3.05) is 26.7 Å². The molecule has 118 valence electrons. The van der Waals surface area contributed by atoms with Crippen LogP contribution in [0.25, 0.3) is 0 Å². The molecule has 0 saturated carbocycles. The fourth-order valence-corrected chi connectivity index (χ4v) is 2.25. The molecule has 0 fully saturated rings. The molecule has 0 aromatic heterocycles. The van der Waals surface area contributed by atoms with Gasteiger partial charge in [0.15, 0.2) is 0 Å². The number of amides is 1. The number of carbonyl (C=O) groups excluding carboxylic acids is 1. The molecule has 1 amide bonds. The highest BCUT2D eigenvalue weighted by Gasteiger charge is 2.26. The Morgan fingerprint density at radius 2 is 2.32 bits per heavy atom. The fraction of sp³-hybridized carbons (Fsp3) is 0.312. The average Bonchev–Trinajstić information content (AvgIpc) is 2.74. The highest BCUT2D eigenvalue weighted by molar-refractivity contribution is 6.30. The Morgan fingerprint density at radius 1 is 1.55 bits per heavy atom. The first-order chi connectivity index (χ1) is 10.5. The monoisotopic (exact) mass is 322 g/mol. The van der Waals surface area contributed by atoms with Crippen LogP contribution in [-0.2, 0) is 4.79 Å². The lowest BCUT2D eigenvalue weighted by molar-refractivity contribution is -0.117. The predicted molar refractivity (Wildman–Crippen MR) is 86.0 cm³/mol. The molecule has 2 N–H and O–H groups in total. The number of nitrogens with zero attached hydrogens (tertiary/aromatic N) is 1. The minimum absolute atomic E-state index is 0.0322. The van der Waals surface area contributed by atoms with Gasteiger partial charge in [0.1, 0.15) is 11.5 Å². The molecule has 1 heterocycles. The summed E-state index contributed by atoms with van der Waals surface area (Å²) < 4.78 is 5.53. The van der Waals surface area contributed by atoms with Crippen LogP contribution >= 0.6 is 11.6 Å². The van der Waals surface area contributed by atoms with Gasteiger partial charge in [-0.15, -0.1) is 0 Å². The number of hydrogen-bond donors (Lipinski definition) is 2. The van der Waals surface area contributed by atoms with Crippen molar-refractivity contribution in [1.82, 2.24) is 10.2 Å². The molecule has 1 aromatic rings. The molecule has 0 atom stereocenters. The van der Waals surface area contributed by atoms with Crippen molar-refractivity contribution in [2.45, 2.75) is 6.42 Å². The molecule has 5 nitrogen and oxygen atoms in total. The number of rotatable bonds is 6. The Balaban J connectivity index is 1.71. The molecule has 1 aliphatic heterocycles. The number of aliphatic hydroxyl groups is 1. The van der Waals surface area contributed by atoms with Gasteiger partial charge < -0.3 is 20.1 Å². The summed E-state index contributed by atoms with van der Waals surface area (Å²) in [6.07, 6.45) is 0.656. The van der Waals surface area contributed by atoms with Crippen LogP contribution in [0.3, 0.4) is 0 Å². The molecule has 0 bridgehead atoms. The van der Waals surface area contributed by atoms with Crippen molar-refractivity contribution in [3.05, 3.63) is 52.9 Å². The lowest BCUT2D eigenvalue weighted by Crippen LogP contribution is -2.29. The maximum absolute atomic E-state index is 12.0. The Kier molecular flexibility index (Phi) is 5.33. The van der Waals surface area contributed by atoms with Gasteiger partial charge >= 0.3 is 0 Å². The van der Waals surface area contributed by atoms with Crippen LogP contribution in [0.2, 0.25) is 5.02 Å². The Hall–Kier alpha value is -2.14. The molecule has 2 rings (SSSR count). The highest BCUT2D eigenvalue weighted by atomic mass is 35.5. The maximum atomic E-state index is 12.0. The average molecular weight is 323 g/mol. The number of carbonyl (C=O) groups is 1. The molecule has 0 radical (unpaired) electrons. The van der Waals surface area contributed by atoms with Gasteiger partial charge in [-0.1, -0.05) is 24.2 Å². The van der Waals surface area contributed by atoms with Gasteiger partial charge in [-0.25, -0.2) is 0 Å². The Morgan fingerprint density at radius 3 is 2.95 bits per heavy atom. The number of hydrogen-bond acceptors (Lipinski definition) is 4. The second kappa shape index (κ2) is 7.22. The SMILES string of the molecule is C=C1C(O)=C(C(=O)NCCCOc2cccc(Cl)c2)CN1C. The first-order valence-electron chi connectivity index (χ1n) is 6.98. The summed E-state index contributed by atoms with van der Waals surface area (Å²) in [7, 11) is 1.78. The second-order valence-electron chi connectivity index (χ2n) is 5.05. The van der Waals surface area contributed by atoms with E-state index in [2.05, 4.69) is 11.9 Å². The second-order valence-corrected chi connectivity index (χ2v) is 5.48. The van der Waals surface area contributed by atoms with E-state index in [1.807, 2.05) is 12.1 Å². The zero-order valence-corrected chi connectivity index (χ0v) is 13.2. The van der Waals surface area contributed by atoms with Gasteiger partial charge in [0, 0.05) is 18.6 Å². The van der Waals surface area contributed by atoms with E-state index in [1.54, 1.807) is 24.1 Å². The van der Waals surface area contributed by atoms with Crippen molar-refractivity contribution >= 4 is 17.5 Å². The third kappa shape index (κ3) is 3.95. The summed E-state index contributed by atoms with van der Waals surface area (Å²) in [5.41, 5.74) is 0.817. The highest BCUT2D eigenvalue weighted by Crippen LogP contribution is 2.22. The molecule has 1 aliphatic rings. The van der Waals surface area contributed by atoms with Crippen LogP contribution in [0, 0.1) is 0 Å². The van der Waals surface area contributed by atoms with E-state index in [0.29, 0.717) is 48.2 Å². The third-order valence-electron chi connectivity index (χ3n) is 3.36. The molecule has 6 heteroatoms. The molecule has 0 unspecified atom stereocenters. The van der Waals surface area contributed by atoms with Crippen molar-refractivity contribution < 1.29 is 14.6 Å². The van der Waals surface area contributed by atoms with Crippen molar-refractivity contribution in [3.8, 4) is 5.75 Å². The molecular weight excluding hydrogens is 304 g/mol. The van der Waals surface area contributed by atoms with Gasteiger partial charge in [0.2, 0.25) is 0 Å². The van der Waals surface area contributed by atoms with Crippen molar-refractivity contribution in [1.29, 1.82) is 0 Å². The van der Waals surface area contributed by atoms with Crippen LogP contribution in [-0.4, -0.2) is 42.7 Å². The normalized spacial score (nSPS) is 14.5. The van der Waals surface area contributed by atoms with Crippen LogP contribution in [0.1, 0.15) is 6.42 Å². The van der Waals surface area contributed by atoms with Crippen molar-refractivity contribution in [3.63, 3.8) is 0 Å². The zero-order chi connectivity index (χ0) is 16.1. The summed E-state index contributed by atoms with van der Waals surface area (Å²) in [4.78, 5) is 13.7. The van der Waals surface area contributed by atoms with E-state index in [9.17, 15) is 9.90 Å². The Labute approximate surface area is 134 Å². The van der Waals surface area contributed by atoms with E-state index in [1.165, 1.54) is 0 Å². The number of aliphatic hydroxyl groups excluding tert-OH is 1. The zero-order valence-electron chi connectivity index (χ0n) is 12.4. The number of ether oxygens (including phenoxy) is 1. The standard InChI is InChI=1S/C16H19ClN2O3/c1-11-15(20)14(10-19(11)2)16(21)18-7-4-8-22-13-6-3-5-12(17)9-13/h3,5-6,9,20H,1,4,7-8,10H2,2H3,(H,18,21). The van der Waals surface area contributed by atoms with Crippen LogP contribution in [0.4, 0.5) is 0 Å². The molecule has 0 spiro atoms. The molecular formula is C16H19ClN2O3. The molecule has 0 aliphatic carbocycles. The predicted octanol–water partition coefficient (Wildman–Crippen LogP) is 2.50. The number of likely N-dealkylation sites (N-methyl/N-ethyl adjacent to an activating group) is 1. The van der Waals surface area contributed by atoms with Crippen LogP contribution < -0.4 is 10.1 Å². The van der Waals surface area contributed by atoms with E-state index in [4.69, 9.17) is 16.3 Å². The van der Waals surface area contributed by atoms with Crippen LogP contribution in [0.15, 0.2) is 47.9 Å². The van der Waals surface area contributed by atoms with Gasteiger partial charge in [-0.2, -0.15) is 0 Å². The van der Waals surface area contributed by atoms with Gasteiger partial charge in [0.25, 0.3) is 5.91 Å². The van der Waals surface area contributed by atoms with Gasteiger partial charge in [0.05, 0.1) is 24.4 Å². The van der Waals surface area contributed by atoms with E-state index >= 15 is 0 Å². The Bertz CT molecular complexity index is 613. The lowest BCUT2D eigenvalue weighted by Gasteiger charge is -2.11. The lowest BCUT2D eigenvalue weighted by atomic mass is 10.2. The molecule has 22 heavy (non-hydrogen) atoms.